The van der Waals surface area contributed by atoms with E-state index in [2.05, 4.69) is 27.9 Å². The fourth-order valence-electron chi connectivity index (χ4n) is 4.34. The topological polar surface area (TPSA) is 55.6 Å². The lowest BCUT2D eigenvalue weighted by Crippen LogP contribution is -2.19. The number of amidine groups is 1. The van der Waals surface area contributed by atoms with Crippen molar-refractivity contribution in [1.82, 2.24) is 9.88 Å². The molecule has 3 aromatic carbocycles. The number of hydrogen-bond acceptors (Lipinski definition) is 4. The molecule has 0 aliphatic carbocycles. The molecule has 4 aromatic rings. The molecular formula is C31H28FN3O2S. The van der Waals surface area contributed by atoms with Crippen LogP contribution in [-0.2, 0) is 17.8 Å². The van der Waals surface area contributed by atoms with Crippen LogP contribution in [0, 0.1) is 19.7 Å². The van der Waals surface area contributed by atoms with Crippen molar-refractivity contribution in [3.8, 4) is 11.4 Å². The monoisotopic (exact) mass is 525 g/mol. The summed E-state index contributed by atoms with van der Waals surface area (Å²) < 4.78 is 21.8. The van der Waals surface area contributed by atoms with E-state index in [4.69, 9.17) is 4.74 Å². The molecule has 1 fully saturated rings. The predicted octanol–water partition coefficient (Wildman–Crippen LogP) is 7.27. The van der Waals surface area contributed by atoms with Crippen LogP contribution in [0.2, 0.25) is 0 Å². The summed E-state index contributed by atoms with van der Waals surface area (Å²) in [4.78, 5) is 17.8. The van der Waals surface area contributed by atoms with Crippen LogP contribution in [0.4, 0.5) is 10.1 Å². The maximum Gasteiger partial charge on any atom is 0.264 e. The smallest absolute Gasteiger partial charge is 0.264 e. The summed E-state index contributed by atoms with van der Waals surface area (Å²) in [7, 11) is 0. The molecular weight excluding hydrogens is 497 g/mol. The molecule has 1 saturated heterocycles. The molecule has 2 heterocycles. The Morgan fingerprint density at radius 1 is 1.03 bits per heavy atom. The summed E-state index contributed by atoms with van der Waals surface area (Å²) in [5, 5.41) is 3.44. The Morgan fingerprint density at radius 2 is 1.76 bits per heavy atom. The second-order valence-corrected chi connectivity index (χ2v) is 10.1. The highest BCUT2D eigenvalue weighted by Crippen LogP contribution is 2.31. The number of hydrogen-bond donors (Lipinski definition) is 1. The third kappa shape index (κ3) is 5.58. The van der Waals surface area contributed by atoms with Gasteiger partial charge in [0.1, 0.15) is 18.2 Å². The molecule has 1 amide bonds. The predicted molar refractivity (Wildman–Crippen MR) is 153 cm³/mol. The number of aryl methyl sites for hydroxylation is 2. The molecule has 1 aliphatic rings. The molecule has 0 radical (unpaired) electrons. The number of ether oxygens (including phenoxy) is 1. The lowest BCUT2D eigenvalue weighted by Gasteiger charge is -2.12. The van der Waals surface area contributed by atoms with Crippen molar-refractivity contribution in [2.24, 2.45) is 4.99 Å². The standard InChI is InChI=1S/C31H28FN3O2S/c1-4-22-9-11-25(12-10-22)33-31-34-30(36)29(38-31)18-24-17-20(2)35(21(24)3)26-13-15-27(16-14-26)37-19-23-7-5-6-8-28(23)32/h5-18H,4,19H2,1-3H3,(H,33,34,36)/b29-18-. The van der Waals surface area contributed by atoms with Gasteiger partial charge in [-0.3, -0.25) is 4.79 Å². The lowest BCUT2D eigenvalue weighted by molar-refractivity contribution is -0.115. The average Bonchev–Trinajstić information content (AvgIpc) is 3.41. The first-order valence-corrected chi connectivity index (χ1v) is 13.3. The van der Waals surface area contributed by atoms with Gasteiger partial charge in [0, 0.05) is 22.6 Å². The molecule has 5 nitrogen and oxygen atoms in total. The summed E-state index contributed by atoms with van der Waals surface area (Å²) in [6.07, 6.45) is 2.88. The molecule has 7 heteroatoms. The maximum atomic E-state index is 13.9. The minimum absolute atomic E-state index is 0.153. The van der Waals surface area contributed by atoms with E-state index in [1.54, 1.807) is 18.2 Å². The largest absolute Gasteiger partial charge is 0.489 e. The first-order chi connectivity index (χ1) is 18.4. The molecule has 5 rings (SSSR count). The van der Waals surface area contributed by atoms with Crippen molar-refractivity contribution in [3.05, 3.63) is 118 Å². The van der Waals surface area contributed by atoms with Gasteiger partial charge in [-0.25, -0.2) is 9.38 Å². The summed E-state index contributed by atoms with van der Waals surface area (Å²) in [6, 6.07) is 24.4. The molecule has 1 N–H and O–H groups in total. The van der Waals surface area contributed by atoms with E-state index in [1.165, 1.54) is 23.4 Å². The molecule has 192 valence electrons. The number of aliphatic imine (C=N–C) groups is 1. The van der Waals surface area contributed by atoms with E-state index in [1.807, 2.05) is 68.5 Å². The van der Waals surface area contributed by atoms with Crippen molar-refractivity contribution in [3.63, 3.8) is 0 Å². The average molecular weight is 526 g/mol. The van der Waals surface area contributed by atoms with Crippen LogP contribution in [0.15, 0.2) is 88.8 Å². The Morgan fingerprint density at radius 3 is 2.47 bits per heavy atom. The highest BCUT2D eigenvalue weighted by molar-refractivity contribution is 8.18. The Labute approximate surface area is 226 Å². The number of nitrogens with zero attached hydrogens (tertiary/aromatic N) is 2. The van der Waals surface area contributed by atoms with Crippen molar-refractivity contribution in [2.45, 2.75) is 33.8 Å². The van der Waals surface area contributed by atoms with Crippen molar-refractivity contribution in [2.75, 3.05) is 0 Å². The van der Waals surface area contributed by atoms with Gasteiger partial charge in [-0.15, -0.1) is 0 Å². The van der Waals surface area contributed by atoms with Gasteiger partial charge >= 0.3 is 0 Å². The number of halogens is 1. The third-order valence-electron chi connectivity index (χ3n) is 6.43. The number of carbonyl (C=O) groups excluding carboxylic acids is 1. The molecule has 0 saturated carbocycles. The van der Waals surface area contributed by atoms with Gasteiger partial charge in [0.15, 0.2) is 5.17 Å². The number of thioether (sulfide) groups is 1. The van der Waals surface area contributed by atoms with Crippen molar-refractivity contribution >= 4 is 34.6 Å². The Hall–Kier alpha value is -4.10. The van der Waals surface area contributed by atoms with Crippen molar-refractivity contribution < 1.29 is 13.9 Å². The second kappa shape index (κ2) is 11.1. The first-order valence-electron chi connectivity index (χ1n) is 12.5. The fraction of sp³-hybridized carbons (Fsp3) is 0.161. The van der Waals surface area contributed by atoms with Crippen LogP contribution in [0.25, 0.3) is 11.8 Å². The first kappa shape index (κ1) is 25.5. The summed E-state index contributed by atoms with van der Waals surface area (Å²) in [5.74, 6) is 0.236. The number of amides is 1. The number of carbonyl (C=O) groups is 1. The molecule has 0 unspecified atom stereocenters. The molecule has 1 aliphatic heterocycles. The van der Waals surface area contributed by atoms with Gasteiger partial charge in [0.05, 0.1) is 10.6 Å². The van der Waals surface area contributed by atoms with E-state index >= 15 is 0 Å². The lowest BCUT2D eigenvalue weighted by atomic mass is 10.2. The van der Waals surface area contributed by atoms with E-state index in [9.17, 15) is 9.18 Å². The summed E-state index contributed by atoms with van der Waals surface area (Å²) >= 11 is 1.34. The zero-order valence-electron chi connectivity index (χ0n) is 21.5. The van der Waals surface area contributed by atoms with Crippen LogP contribution >= 0.6 is 11.8 Å². The minimum atomic E-state index is -0.275. The quantitative estimate of drug-likeness (QED) is 0.258. The van der Waals surface area contributed by atoms with Gasteiger partial charge in [-0.2, -0.15) is 0 Å². The number of rotatable bonds is 7. The summed E-state index contributed by atoms with van der Waals surface area (Å²) in [6.45, 7) is 6.35. The van der Waals surface area contributed by atoms with E-state index in [0.717, 1.165) is 34.7 Å². The van der Waals surface area contributed by atoms with Gasteiger partial charge in [0.25, 0.3) is 5.91 Å². The van der Waals surface area contributed by atoms with Crippen LogP contribution in [0.1, 0.15) is 35.0 Å². The van der Waals surface area contributed by atoms with Gasteiger partial charge < -0.3 is 14.6 Å². The van der Waals surface area contributed by atoms with Crippen LogP contribution in [0.3, 0.4) is 0 Å². The Kier molecular flexibility index (Phi) is 7.47. The maximum absolute atomic E-state index is 13.9. The second-order valence-electron chi connectivity index (χ2n) is 9.04. The highest BCUT2D eigenvalue weighted by atomic mass is 32.2. The highest BCUT2D eigenvalue weighted by Gasteiger charge is 2.24. The third-order valence-corrected chi connectivity index (χ3v) is 7.34. The number of nitrogens with one attached hydrogen (secondary N) is 1. The Balaban J connectivity index is 1.31. The molecule has 0 atom stereocenters. The van der Waals surface area contributed by atoms with E-state index in [-0.39, 0.29) is 18.3 Å². The minimum Gasteiger partial charge on any atom is -0.489 e. The van der Waals surface area contributed by atoms with Gasteiger partial charge in [0.2, 0.25) is 0 Å². The molecule has 0 bridgehead atoms. The number of aromatic nitrogens is 1. The zero-order chi connectivity index (χ0) is 26.6. The summed E-state index contributed by atoms with van der Waals surface area (Å²) in [5.41, 5.74) is 6.58. The van der Waals surface area contributed by atoms with Gasteiger partial charge in [-0.05, 0) is 97.8 Å². The van der Waals surface area contributed by atoms with Crippen molar-refractivity contribution in [1.29, 1.82) is 0 Å². The van der Waals surface area contributed by atoms with Gasteiger partial charge in [-0.1, -0.05) is 37.3 Å². The molecule has 1 aromatic heterocycles. The fourth-order valence-corrected chi connectivity index (χ4v) is 5.18. The molecule has 38 heavy (non-hydrogen) atoms. The van der Waals surface area contributed by atoms with E-state index in [0.29, 0.717) is 21.4 Å². The van der Waals surface area contributed by atoms with Crippen LogP contribution < -0.4 is 10.1 Å². The molecule has 0 spiro atoms. The zero-order valence-corrected chi connectivity index (χ0v) is 22.3. The van der Waals surface area contributed by atoms with Crippen LogP contribution in [0.5, 0.6) is 5.75 Å². The van der Waals surface area contributed by atoms with E-state index < -0.39 is 0 Å². The number of benzene rings is 3. The van der Waals surface area contributed by atoms with Crippen LogP contribution in [-0.4, -0.2) is 15.6 Å². The SMILES string of the molecule is CCc1ccc(N=C2NC(=O)/C(=C/c3cc(C)n(-c4ccc(OCc5ccccc5F)cc4)c3C)S2)cc1. The normalized spacial score (nSPS) is 15.3. The Bertz CT molecular complexity index is 1540.